The minimum atomic E-state index is -0.844. The Morgan fingerprint density at radius 3 is 2.64 bits per heavy atom. The van der Waals surface area contributed by atoms with Gasteiger partial charge in [-0.05, 0) is 49.4 Å². The van der Waals surface area contributed by atoms with Gasteiger partial charge in [0, 0.05) is 5.41 Å². The molecule has 2 aliphatic carbocycles. The quantitative estimate of drug-likeness (QED) is 0.411. The maximum Gasteiger partial charge on any atom is 0.336 e. The molecule has 1 saturated heterocycles. The summed E-state index contributed by atoms with van der Waals surface area (Å²) in [5, 5.41) is 30.4. The first kappa shape index (κ1) is 18.6. The first-order chi connectivity index (χ1) is 11.7. The lowest BCUT2D eigenvalue weighted by molar-refractivity contribution is -0.151. The van der Waals surface area contributed by atoms with Crippen molar-refractivity contribution >= 4 is 5.97 Å². The van der Waals surface area contributed by atoms with Crippen molar-refractivity contribution in [1.82, 2.24) is 0 Å². The molecule has 1 aliphatic heterocycles. The molecule has 0 aromatic heterocycles. The van der Waals surface area contributed by atoms with Crippen LogP contribution in [0.25, 0.3) is 0 Å². The van der Waals surface area contributed by atoms with Gasteiger partial charge in [0.05, 0.1) is 18.3 Å². The van der Waals surface area contributed by atoms with E-state index in [4.69, 9.17) is 4.74 Å². The lowest BCUT2D eigenvalue weighted by Gasteiger charge is -2.59. The molecule has 3 rings (SSSR count). The van der Waals surface area contributed by atoms with E-state index in [0.717, 1.165) is 24.8 Å². The highest BCUT2D eigenvalue weighted by molar-refractivity contribution is 5.91. The molecule has 2 saturated carbocycles. The molecule has 0 radical (unpaired) electrons. The number of aliphatic hydroxyl groups is 3. The van der Waals surface area contributed by atoms with Crippen LogP contribution in [0, 0.1) is 22.7 Å². The van der Waals surface area contributed by atoms with E-state index in [1.807, 2.05) is 13.0 Å². The molecule has 25 heavy (non-hydrogen) atoms. The van der Waals surface area contributed by atoms with E-state index in [1.165, 1.54) is 0 Å². The van der Waals surface area contributed by atoms with E-state index in [2.05, 4.69) is 13.5 Å². The monoisotopic (exact) mass is 350 g/mol. The van der Waals surface area contributed by atoms with Crippen molar-refractivity contribution in [3.8, 4) is 0 Å². The van der Waals surface area contributed by atoms with Crippen molar-refractivity contribution in [1.29, 1.82) is 0 Å². The van der Waals surface area contributed by atoms with Crippen LogP contribution in [0.2, 0.25) is 0 Å². The molecule has 1 heterocycles. The van der Waals surface area contributed by atoms with Crippen molar-refractivity contribution in [3.63, 3.8) is 0 Å². The number of esters is 1. The van der Waals surface area contributed by atoms with Gasteiger partial charge in [0.1, 0.15) is 12.7 Å². The molecule has 3 aliphatic rings. The Bertz CT molecular complexity index is 597. The number of rotatable bonds is 3. The molecule has 3 unspecified atom stereocenters. The predicted octanol–water partition coefficient (Wildman–Crippen LogP) is 1.96. The number of ether oxygens (including phenoxy) is 1. The molecule has 6 atom stereocenters. The average Bonchev–Trinajstić information content (AvgIpc) is 2.89. The van der Waals surface area contributed by atoms with E-state index >= 15 is 0 Å². The molecule has 0 aromatic carbocycles. The van der Waals surface area contributed by atoms with Gasteiger partial charge in [0.25, 0.3) is 0 Å². The number of carbonyl (C=O) groups excluding carboxylic acids is 1. The summed E-state index contributed by atoms with van der Waals surface area (Å²) < 4.78 is 4.90. The van der Waals surface area contributed by atoms with Gasteiger partial charge in [0.2, 0.25) is 0 Å². The Morgan fingerprint density at radius 2 is 2.04 bits per heavy atom. The normalized spacial score (nSPS) is 46.2. The molecule has 5 nitrogen and oxygen atoms in total. The van der Waals surface area contributed by atoms with Crippen molar-refractivity contribution in [2.45, 2.75) is 58.2 Å². The fourth-order valence-corrected chi connectivity index (χ4v) is 5.56. The SMILES string of the molecule is C=C1CCC2[C@@](C)(CC[C@@H](O)[C@@]2(C)CO)C1CC=C1C(=O)OCC1O. The number of cyclic esters (lactones) is 1. The van der Waals surface area contributed by atoms with Gasteiger partial charge in [-0.1, -0.05) is 32.1 Å². The molecule has 0 amide bonds. The number of fused-ring (bicyclic) bond motifs is 1. The Hall–Kier alpha value is -1.17. The summed E-state index contributed by atoms with van der Waals surface area (Å²) in [6, 6.07) is 0. The zero-order valence-electron chi connectivity index (χ0n) is 15.2. The van der Waals surface area contributed by atoms with E-state index in [0.29, 0.717) is 18.4 Å². The molecular formula is C20H30O5. The summed E-state index contributed by atoms with van der Waals surface area (Å²) >= 11 is 0. The van der Waals surface area contributed by atoms with Crippen LogP contribution in [0.5, 0.6) is 0 Å². The third-order valence-electron chi connectivity index (χ3n) is 7.23. The van der Waals surface area contributed by atoms with Gasteiger partial charge in [-0.3, -0.25) is 0 Å². The van der Waals surface area contributed by atoms with Crippen LogP contribution in [0.15, 0.2) is 23.8 Å². The van der Waals surface area contributed by atoms with Gasteiger partial charge in [-0.2, -0.15) is 0 Å². The summed E-state index contributed by atoms with van der Waals surface area (Å²) in [4.78, 5) is 11.8. The Balaban J connectivity index is 1.89. The Labute approximate surface area is 149 Å². The minimum Gasteiger partial charge on any atom is -0.459 e. The third-order valence-corrected chi connectivity index (χ3v) is 7.23. The number of carbonyl (C=O) groups is 1. The van der Waals surface area contributed by atoms with Crippen molar-refractivity contribution in [2.75, 3.05) is 13.2 Å². The van der Waals surface area contributed by atoms with E-state index in [1.54, 1.807) is 0 Å². The van der Waals surface area contributed by atoms with E-state index < -0.39 is 23.6 Å². The van der Waals surface area contributed by atoms with Crippen LogP contribution < -0.4 is 0 Å². The van der Waals surface area contributed by atoms with Crippen LogP contribution in [0.3, 0.4) is 0 Å². The van der Waals surface area contributed by atoms with Crippen LogP contribution in [-0.2, 0) is 9.53 Å². The lowest BCUT2D eigenvalue weighted by atomic mass is 9.46. The summed E-state index contributed by atoms with van der Waals surface area (Å²) in [5.74, 6) is -0.0734. The summed E-state index contributed by atoms with van der Waals surface area (Å²) in [7, 11) is 0. The second-order valence-electron chi connectivity index (χ2n) is 8.54. The highest BCUT2D eigenvalue weighted by Gasteiger charge is 2.57. The smallest absolute Gasteiger partial charge is 0.336 e. The molecule has 0 bridgehead atoms. The van der Waals surface area contributed by atoms with Crippen LogP contribution in [-0.4, -0.2) is 46.7 Å². The van der Waals surface area contributed by atoms with Gasteiger partial charge in [0.15, 0.2) is 0 Å². The highest BCUT2D eigenvalue weighted by atomic mass is 16.6. The van der Waals surface area contributed by atoms with Crippen LogP contribution in [0.4, 0.5) is 0 Å². The number of hydrogen-bond donors (Lipinski definition) is 3. The van der Waals surface area contributed by atoms with Crippen molar-refractivity contribution in [2.24, 2.45) is 22.7 Å². The van der Waals surface area contributed by atoms with Gasteiger partial charge in [-0.15, -0.1) is 0 Å². The van der Waals surface area contributed by atoms with Gasteiger partial charge < -0.3 is 20.1 Å². The molecular weight excluding hydrogens is 320 g/mol. The van der Waals surface area contributed by atoms with Gasteiger partial charge >= 0.3 is 5.97 Å². The lowest BCUT2D eigenvalue weighted by Crippen LogP contribution is -2.57. The van der Waals surface area contributed by atoms with E-state index in [-0.39, 0.29) is 30.5 Å². The summed E-state index contributed by atoms with van der Waals surface area (Å²) in [5.41, 5.74) is 0.911. The Morgan fingerprint density at radius 1 is 1.32 bits per heavy atom. The first-order valence-corrected chi connectivity index (χ1v) is 9.26. The van der Waals surface area contributed by atoms with Crippen LogP contribution >= 0.6 is 0 Å². The maximum atomic E-state index is 11.8. The number of allylic oxidation sites excluding steroid dienone is 2. The minimum absolute atomic E-state index is 0.0280. The first-order valence-electron chi connectivity index (χ1n) is 9.26. The number of aliphatic hydroxyl groups excluding tert-OH is 3. The molecule has 140 valence electrons. The summed E-state index contributed by atoms with van der Waals surface area (Å²) in [6.45, 7) is 8.50. The van der Waals surface area contributed by atoms with Crippen molar-refractivity contribution < 1.29 is 24.9 Å². The molecule has 3 fully saturated rings. The molecule has 3 N–H and O–H groups in total. The average molecular weight is 350 g/mol. The molecule has 0 aromatic rings. The predicted molar refractivity (Wildman–Crippen MR) is 93.6 cm³/mol. The largest absolute Gasteiger partial charge is 0.459 e. The Kier molecular flexibility index (Phi) is 4.86. The van der Waals surface area contributed by atoms with Crippen molar-refractivity contribution in [3.05, 3.63) is 23.8 Å². The fourth-order valence-electron chi connectivity index (χ4n) is 5.56. The second kappa shape index (κ2) is 6.53. The maximum absolute atomic E-state index is 11.8. The topological polar surface area (TPSA) is 87.0 Å². The zero-order chi connectivity index (χ0) is 18.4. The fraction of sp³-hybridized carbons (Fsp3) is 0.750. The highest BCUT2D eigenvalue weighted by Crippen LogP contribution is 2.61. The van der Waals surface area contributed by atoms with E-state index in [9.17, 15) is 20.1 Å². The van der Waals surface area contributed by atoms with Gasteiger partial charge in [-0.25, -0.2) is 4.79 Å². The van der Waals surface area contributed by atoms with Crippen LogP contribution in [0.1, 0.15) is 46.0 Å². The zero-order valence-corrected chi connectivity index (χ0v) is 15.2. The number of hydrogen-bond acceptors (Lipinski definition) is 5. The molecule has 0 spiro atoms. The standard InChI is InChI=1S/C20H30O5/c1-12-4-7-16-19(2,9-8-17(23)20(16,3)11-21)14(12)6-5-13-15(22)10-25-18(13)24/h5,14-17,21-23H,1,4,6-11H2,2-3H3/t14?,15?,16?,17-,19+,20+/m1/s1. The molecule has 5 heteroatoms. The third kappa shape index (κ3) is 2.86. The summed E-state index contributed by atoms with van der Waals surface area (Å²) in [6.07, 6.45) is 4.42. The second-order valence-corrected chi connectivity index (χ2v) is 8.54.